The third-order valence-electron chi connectivity index (χ3n) is 13.2. The Kier molecular flexibility index (Phi) is 7.83. The number of carbonyl (C=O) groups is 3. The second-order valence-corrected chi connectivity index (χ2v) is 16.0. The van der Waals surface area contributed by atoms with Crippen LogP contribution in [0.15, 0.2) is 42.0 Å². The normalized spacial score (nSPS) is 41.6. The van der Waals surface area contributed by atoms with E-state index in [1.807, 2.05) is 18.2 Å². The van der Waals surface area contributed by atoms with Crippen LogP contribution in [0.5, 0.6) is 0 Å². The SMILES string of the molecule is CC(=O)O[C@@H]1C=C2C[C@]34O[C@H]3C[C@]3(C)[C@@H]([C@H](C)N(C)C)[C@H](OC(C)=O)C[C@@]3(C)[C@@H]4CC[C@H]2C(C)(C)[C@H]1NC(=O)c1ccccc1. The van der Waals surface area contributed by atoms with Gasteiger partial charge in [0.1, 0.15) is 17.8 Å². The number of nitrogens with zero attached hydrogens (tertiary/aromatic N) is 1. The van der Waals surface area contributed by atoms with E-state index in [4.69, 9.17) is 14.2 Å². The summed E-state index contributed by atoms with van der Waals surface area (Å²) in [6, 6.07) is 9.06. The van der Waals surface area contributed by atoms with Gasteiger partial charge in [-0.05, 0) is 93.0 Å². The molecule has 3 saturated carbocycles. The third-order valence-corrected chi connectivity index (χ3v) is 13.2. The lowest BCUT2D eigenvalue weighted by Crippen LogP contribution is -2.58. The highest BCUT2D eigenvalue weighted by Crippen LogP contribution is 2.76. The van der Waals surface area contributed by atoms with Gasteiger partial charge in [0, 0.05) is 37.8 Å². The molecule has 0 radical (unpaired) electrons. The largest absolute Gasteiger partial charge is 0.462 e. The first-order chi connectivity index (χ1) is 21.0. The van der Waals surface area contributed by atoms with E-state index in [2.05, 4.69) is 65.0 Å². The molecule has 0 bridgehead atoms. The number of epoxide rings is 1. The molecule has 1 saturated heterocycles. The molecule has 8 nitrogen and oxygen atoms in total. The van der Waals surface area contributed by atoms with Gasteiger partial charge in [0.2, 0.25) is 0 Å². The maximum Gasteiger partial charge on any atom is 0.303 e. The van der Waals surface area contributed by atoms with Crippen LogP contribution in [-0.2, 0) is 23.8 Å². The Balaban J connectivity index is 1.36. The average Bonchev–Trinajstić information content (AvgIpc) is 3.61. The van der Waals surface area contributed by atoms with Gasteiger partial charge in [0.15, 0.2) is 0 Å². The number of hydrogen-bond donors (Lipinski definition) is 1. The van der Waals surface area contributed by atoms with Gasteiger partial charge >= 0.3 is 11.9 Å². The summed E-state index contributed by atoms with van der Waals surface area (Å²) in [6.07, 6.45) is 6.05. The summed E-state index contributed by atoms with van der Waals surface area (Å²) in [7, 11) is 4.24. The van der Waals surface area contributed by atoms with Gasteiger partial charge in [-0.25, -0.2) is 0 Å². The summed E-state index contributed by atoms with van der Waals surface area (Å²) in [5.41, 5.74) is 1.04. The van der Waals surface area contributed by atoms with Crippen molar-refractivity contribution in [2.75, 3.05) is 14.1 Å². The molecule has 1 aromatic carbocycles. The van der Waals surface area contributed by atoms with Crippen molar-refractivity contribution in [3.8, 4) is 0 Å². The lowest BCUT2D eigenvalue weighted by atomic mass is 9.48. The zero-order valence-corrected chi connectivity index (χ0v) is 28.5. The van der Waals surface area contributed by atoms with E-state index in [9.17, 15) is 14.4 Å². The first-order valence-electron chi connectivity index (χ1n) is 16.8. The van der Waals surface area contributed by atoms with Crippen molar-refractivity contribution in [2.24, 2.45) is 34.0 Å². The van der Waals surface area contributed by atoms with E-state index in [0.717, 1.165) is 32.1 Å². The fourth-order valence-electron chi connectivity index (χ4n) is 10.8. The first kappa shape index (κ1) is 32.2. The Morgan fingerprint density at radius 3 is 2.24 bits per heavy atom. The van der Waals surface area contributed by atoms with Crippen LogP contribution in [0.1, 0.15) is 90.9 Å². The average molecular weight is 621 g/mol. The molecule has 1 aromatic rings. The highest BCUT2D eigenvalue weighted by atomic mass is 16.6. The predicted octanol–water partition coefficient (Wildman–Crippen LogP) is 5.55. The number of fused-ring (bicyclic) bond motifs is 3. The molecule has 1 amide bonds. The van der Waals surface area contributed by atoms with Crippen molar-refractivity contribution in [2.45, 2.75) is 117 Å². The van der Waals surface area contributed by atoms with E-state index in [1.165, 1.54) is 19.4 Å². The second-order valence-electron chi connectivity index (χ2n) is 16.0. The van der Waals surface area contributed by atoms with Crippen molar-refractivity contribution in [3.05, 3.63) is 47.5 Å². The molecule has 0 unspecified atom stereocenters. The highest BCUT2D eigenvalue weighted by molar-refractivity contribution is 5.94. The lowest BCUT2D eigenvalue weighted by molar-refractivity contribution is -0.150. The Hall–Kier alpha value is -2.71. The highest BCUT2D eigenvalue weighted by Gasteiger charge is 2.78. The topological polar surface area (TPSA) is 97.5 Å². The number of esters is 2. The molecule has 11 atom stereocenters. The van der Waals surface area contributed by atoms with Gasteiger partial charge in [-0.1, -0.05) is 51.5 Å². The first-order valence-corrected chi connectivity index (χ1v) is 16.8. The van der Waals surface area contributed by atoms with E-state index in [-0.39, 0.29) is 81.7 Å². The summed E-state index contributed by atoms with van der Waals surface area (Å²) < 4.78 is 18.9. The molecule has 8 heteroatoms. The molecule has 246 valence electrons. The molecule has 5 aliphatic rings. The number of ether oxygens (including phenoxy) is 3. The van der Waals surface area contributed by atoms with Crippen LogP contribution < -0.4 is 5.32 Å². The molecule has 4 fully saturated rings. The number of amides is 1. The number of rotatable bonds is 6. The number of carbonyl (C=O) groups excluding carboxylic acids is 3. The fourth-order valence-corrected chi connectivity index (χ4v) is 10.8. The van der Waals surface area contributed by atoms with Crippen LogP contribution in [0.25, 0.3) is 0 Å². The molecular formula is C37H52N2O6. The van der Waals surface area contributed by atoms with E-state index in [1.54, 1.807) is 12.1 Å². The zero-order chi connectivity index (χ0) is 32.7. The van der Waals surface area contributed by atoms with Crippen LogP contribution in [-0.4, -0.2) is 72.8 Å². The van der Waals surface area contributed by atoms with Crippen molar-refractivity contribution >= 4 is 17.8 Å². The smallest absolute Gasteiger partial charge is 0.303 e. The minimum absolute atomic E-state index is 0.0714. The quantitative estimate of drug-likeness (QED) is 0.253. The molecule has 0 aromatic heterocycles. The summed E-state index contributed by atoms with van der Waals surface area (Å²) in [6.45, 7) is 14.5. The van der Waals surface area contributed by atoms with Crippen LogP contribution >= 0.6 is 0 Å². The van der Waals surface area contributed by atoms with Gasteiger partial charge < -0.3 is 24.4 Å². The minimum Gasteiger partial charge on any atom is -0.462 e. The molecule has 1 aliphatic heterocycles. The minimum atomic E-state index is -0.573. The van der Waals surface area contributed by atoms with Gasteiger partial charge in [-0.3, -0.25) is 14.4 Å². The van der Waals surface area contributed by atoms with Crippen LogP contribution in [0.2, 0.25) is 0 Å². The predicted molar refractivity (Wildman–Crippen MR) is 171 cm³/mol. The van der Waals surface area contributed by atoms with Crippen LogP contribution in [0, 0.1) is 34.0 Å². The van der Waals surface area contributed by atoms with Gasteiger partial charge in [-0.2, -0.15) is 0 Å². The van der Waals surface area contributed by atoms with Gasteiger partial charge in [0.25, 0.3) is 5.91 Å². The summed E-state index contributed by atoms with van der Waals surface area (Å²) in [5, 5.41) is 3.28. The molecule has 1 heterocycles. The van der Waals surface area contributed by atoms with Crippen molar-refractivity contribution in [3.63, 3.8) is 0 Å². The summed E-state index contributed by atoms with van der Waals surface area (Å²) in [4.78, 5) is 40.4. The number of hydrogen-bond acceptors (Lipinski definition) is 7. The molecule has 6 rings (SSSR count). The van der Waals surface area contributed by atoms with Crippen molar-refractivity contribution in [1.82, 2.24) is 10.2 Å². The Bertz CT molecular complexity index is 1390. The number of benzene rings is 1. The zero-order valence-electron chi connectivity index (χ0n) is 28.5. The standard InChI is InChI=1S/C37H52N2O6/c1-21(39(8)9)31-28(44-23(3)41)19-35(6)29-16-15-26-25(18-37(29)30(45-37)20-36(31,35)7)17-27(43-22(2)40)32(34(26,4)5)38-33(42)24-13-11-10-12-14-24/h10-14,17,21,26-32H,15-16,18-20H2,1-9H3,(H,38,42)/t21-,26+,27+,28+,29-,30-,31-,32-,35-,36+,37+/m0/s1. The lowest BCUT2D eigenvalue weighted by Gasteiger charge is -2.54. The van der Waals surface area contributed by atoms with Crippen molar-refractivity contribution in [1.29, 1.82) is 0 Å². The maximum absolute atomic E-state index is 13.4. The molecule has 1 N–H and O–H groups in total. The third kappa shape index (κ3) is 4.97. The summed E-state index contributed by atoms with van der Waals surface area (Å²) in [5.74, 6) is -0.0709. The molecule has 4 aliphatic carbocycles. The second kappa shape index (κ2) is 10.9. The molecule has 45 heavy (non-hydrogen) atoms. The van der Waals surface area contributed by atoms with Gasteiger partial charge in [0.05, 0.1) is 12.1 Å². The number of nitrogens with one attached hydrogen (secondary N) is 1. The maximum atomic E-state index is 13.4. The van der Waals surface area contributed by atoms with Crippen LogP contribution in [0.3, 0.4) is 0 Å². The summed E-state index contributed by atoms with van der Waals surface area (Å²) >= 11 is 0. The van der Waals surface area contributed by atoms with Gasteiger partial charge in [-0.15, -0.1) is 0 Å². The Morgan fingerprint density at radius 2 is 1.62 bits per heavy atom. The Labute approximate surface area is 268 Å². The van der Waals surface area contributed by atoms with Crippen molar-refractivity contribution < 1.29 is 28.6 Å². The van der Waals surface area contributed by atoms with E-state index in [0.29, 0.717) is 5.56 Å². The Morgan fingerprint density at radius 1 is 0.956 bits per heavy atom. The van der Waals surface area contributed by atoms with E-state index < -0.39 is 6.10 Å². The fraction of sp³-hybridized carbons (Fsp3) is 0.703. The molecular weight excluding hydrogens is 568 g/mol. The van der Waals surface area contributed by atoms with Crippen LogP contribution in [0.4, 0.5) is 0 Å². The van der Waals surface area contributed by atoms with E-state index >= 15 is 0 Å². The monoisotopic (exact) mass is 620 g/mol. The molecule has 1 spiro atoms.